The number of unbranched alkanes of at least 4 members (excludes halogenated alkanes) is 4. The van der Waals surface area contributed by atoms with E-state index in [0.717, 1.165) is 70.3 Å². The van der Waals surface area contributed by atoms with Crippen LogP contribution in [0.1, 0.15) is 96.8 Å². The van der Waals surface area contributed by atoms with Crippen molar-refractivity contribution in [3.63, 3.8) is 0 Å². The van der Waals surface area contributed by atoms with Crippen LogP contribution in [0.4, 0.5) is 8.78 Å². The summed E-state index contributed by atoms with van der Waals surface area (Å²) in [5.74, 6) is -4.34. The molecule has 1 aliphatic heterocycles. The van der Waals surface area contributed by atoms with E-state index < -0.39 is 18.1 Å². The van der Waals surface area contributed by atoms with Gasteiger partial charge in [0.25, 0.3) is 0 Å². The van der Waals surface area contributed by atoms with Gasteiger partial charge in [0.15, 0.2) is 6.29 Å². The predicted molar refractivity (Wildman–Crippen MR) is 123 cm³/mol. The van der Waals surface area contributed by atoms with Crippen molar-refractivity contribution in [2.24, 2.45) is 11.8 Å². The van der Waals surface area contributed by atoms with Crippen molar-refractivity contribution in [3.8, 4) is 0 Å². The minimum absolute atomic E-state index is 0.0588. The molecular weight excluding hydrogens is 430 g/mol. The summed E-state index contributed by atoms with van der Waals surface area (Å²) in [6, 6.07) is 0. The van der Waals surface area contributed by atoms with Crippen molar-refractivity contribution in [1.29, 1.82) is 0 Å². The highest BCUT2D eigenvalue weighted by atomic mass is 19.3. The molecule has 1 unspecified atom stereocenters. The first-order valence-corrected chi connectivity index (χ1v) is 12.8. The van der Waals surface area contributed by atoms with Gasteiger partial charge in [0.2, 0.25) is 5.78 Å². The van der Waals surface area contributed by atoms with Crippen LogP contribution in [0.2, 0.25) is 0 Å². The Hall–Kier alpha value is -1.34. The van der Waals surface area contributed by atoms with Gasteiger partial charge in [-0.15, -0.1) is 0 Å². The Balaban J connectivity index is 1.92. The van der Waals surface area contributed by atoms with E-state index in [1.165, 1.54) is 7.11 Å². The lowest BCUT2D eigenvalue weighted by atomic mass is 9.88. The molecule has 0 amide bonds. The summed E-state index contributed by atoms with van der Waals surface area (Å²) in [7, 11) is 1.40. The van der Waals surface area contributed by atoms with E-state index >= 15 is 0 Å². The topological polar surface area (TPSA) is 61.8 Å². The van der Waals surface area contributed by atoms with E-state index in [1.807, 2.05) is 6.92 Å². The van der Waals surface area contributed by atoms with Crippen molar-refractivity contribution in [1.82, 2.24) is 0 Å². The second kappa shape index (κ2) is 14.8. The van der Waals surface area contributed by atoms with Crippen molar-refractivity contribution in [2.45, 2.75) is 115 Å². The van der Waals surface area contributed by atoms with Gasteiger partial charge in [0, 0.05) is 25.4 Å². The number of alkyl halides is 2. The molecule has 0 radical (unpaired) electrons. The molecule has 7 heteroatoms. The fourth-order valence-corrected chi connectivity index (χ4v) is 4.83. The maximum atomic E-state index is 14.2. The van der Waals surface area contributed by atoms with Gasteiger partial charge in [-0.1, -0.05) is 38.7 Å². The third kappa shape index (κ3) is 9.81. The molecule has 2 aliphatic rings. The number of ketones is 1. The van der Waals surface area contributed by atoms with Crippen molar-refractivity contribution < 1.29 is 32.6 Å². The molecule has 5 nitrogen and oxygen atoms in total. The molecule has 2 fully saturated rings. The summed E-state index contributed by atoms with van der Waals surface area (Å²) >= 11 is 0. The van der Waals surface area contributed by atoms with Crippen molar-refractivity contribution >= 4 is 11.8 Å². The number of hydrogen-bond acceptors (Lipinski definition) is 5. The lowest BCUT2D eigenvalue weighted by molar-refractivity contribution is -0.192. The molecule has 0 N–H and O–H groups in total. The van der Waals surface area contributed by atoms with E-state index in [9.17, 15) is 18.4 Å². The lowest BCUT2D eigenvalue weighted by Crippen LogP contribution is -2.31. The van der Waals surface area contributed by atoms with Gasteiger partial charge in [-0.3, -0.25) is 9.59 Å². The molecule has 0 spiro atoms. The molecule has 190 valence electrons. The zero-order valence-corrected chi connectivity index (χ0v) is 20.4. The highest BCUT2D eigenvalue weighted by Gasteiger charge is 2.39. The standard InChI is InChI=1S/C26H42F2O5/c1-3-4-18-26(27,28)23(29)17-15-21-20(11-7-5-6-8-12-24(30)31-2)14-16-22(21)33-25-13-9-10-19-32-25/h15,17,20-22,25H,3-14,16,18-19H2,1-2H3/b17-15+/t20-,21+,22+,25?/m0/s1. The second-order valence-corrected chi connectivity index (χ2v) is 9.45. The maximum absolute atomic E-state index is 14.2. The van der Waals surface area contributed by atoms with Gasteiger partial charge in [-0.05, 0) is 63.4 Å². The Morgan fingerprint density at radius 2 is 1.85 bits per heavy atom. The SMILES string of the molecule is CCCCC(F)(F)C(=O)/C=C/[C@@H]1[C@@H](CCCCCCC(=O)OC)CC[C@H]1OC1CCCCO1. The van der Waals surface area contributed by atoms with E-state index in [-0.39, 0.29) is 24.3 Å². The summed E-state index contributed by atoms with van der Waals surface area (Å²) in [6.45, 7) is 2.53. The smallest absolute Gasteiger partial charge is 0.309 e. The molecule has 1 heterocycles. The minimum atomic E-state index is -3.30. The Morgan fingerprint density at radius 3 is 2.55 bits per heavy atom. The van der Waals surface area contributed by atoms with Crippen LogP contribution >= 0.6 is 0 Å². The summed E-state index contributed by atoms with van der Waals surface area (Å²) in [4.78, 5) is 23.4. The van der Waals surface area contributed by atoms with Gasteiger partial charge in [-0.25, -0.2) is 0 Å². The number of esters is 1. The van der Waals surface area contributed by atoms with Gasteiger partial charge >= 0.3 is 11.9 Å². The van der Waals surface area contributed by atoms with E-state index in [2.05, 4.69) is 4.74 Å². The lowest BCUT2D eigenvalue weighted by Gasteiger charge is -2.29. The van der Waals surface area contributed by atoms with Crippen LogP contribution in [0.25, 0.3) is 0 Å². The number of rotatable bonds is 15. The van der Waals surface area contributed by atoms with Crippen molar-refractivity contribution in [3.05, 3.63) is 12.2 Å². The molecule has 0 aromatic heterocycles. The van der Waals surface area contributed by atoms with Crippen LogP contribution in [0.15, 0.2) is 12.2 Å². The predicted octanol–water partition coefficient (Wildman–Crippen LogP) is 6.39. The van der Waals surface area contributed by atoms with Crippen LogP contribution in [0, 0.1) is 11.8 Å². The second-order valence-electron chi connectivity index (χ2n) is 9.45. The van der Waals surface area contributed by atoms with Gasteiger partial charge in [0.05, 0.1) is 13.2 Å². The zero-order valence-electron chi connectivity index (χ0n) is 20.4. The average Bonchev–Trinajstić information content (AvgIpc) is 3.19. The van der Waals surface area contributed by atoms with Crippen molar-refractivity contribution in [2.75, 3.05) is 13.7 Å². The van der Waals surface area contributed by atoms with Crippen LogP contribution < -0.4 is 0 Å². The van der Waals surface area contributed by atoms with E-state index in [1.54, 1.807) is 6.08 Å². The number of halogens is 2. The zero-order chi connectivity index (χ0) is 24.1. The first-order valence-electron chi connectivity index (χ1n) is 12.8. The minimum Gasteiger partial charge on any atom is -0.469 e. The number of ether oxygens (including phenoxy) is 3. The number of hydrogen-bond donors (Lipinski definition) is 0. The summed E-state index contributed by atoms with van der Waals surface area (Å²) in [5.41, 5.74) is 0. The molecule has 1 aliphatic carbocycles. The fraction of sp³-hybridized carbons (Fsp3) is 0.846. The van der Waals surface area contributed by atoms with Crippen LogP contribution in [0.5, 0.6) is 0 Å². The highest BCUT2D eigenvalue weighted by molar-refractivity contribution is 5.95. The quantitative estimate of drug-likeness (QED) is 0.157. The van der Waals surface area contributed by atoms with Gasteiger partial charge < -0.3 is 14.2 Å². The summed E-state index contributed by atoms with van der Waals surface area (Å²) in [5, 5.41) is 0. The Kier molecular flexibility index (Phi) is 12.5. The number of carbonyl (C=O) groups is 2. The highest BCUT2D eigenvalue weighted by Crippen LogP contribution is 2.40. The normalized spacial score (nSPS) is 26.1. The fourth-order valence-electron chi connectivity index (χ4n) is 4.83. The largest absolute Gasteiger partial charge is 0.469 e. The number of carbonyl (C=O) groups excluding carboxylic acids is 2. The van der Waals surface area contributed by atoms with Gasteiger partial charge in [-0.2, -0.15) is 8.78 Å². The Morgan fingerprint density at radius 1 is 1.06 bits per heavy atom. The molecule has 1 saturated carbocycles. The molecule has 1 saturated heterocycles. The Labute approximate surface area is 197 Å². The van der Waals surface area contributed by atoms with Crippen LogP contribution in [0.3, 0.4) is 0 Å². The molecule has 33 heavy (non-hydrogen) atoms. The molecule has 0 aromatic carbocycles. The monoisotopic (exact) mass is 472 g/mol. The van der Waals surface area contributed by atoms with Gasteiger partial charge in [0.1, 0.15) is 0 Å². The van der Waals surface area contributed by atoms with Crippen LogP contribution in [-0.4, -0.2) is 43.8 Å². The van der Waals surface area contributed by atoms with E-state index in [4.69, 9.17) is 9.47 Å². The molecular formula is C26H42F2O5. The van der Waals surface area contributed by atoms with Crippen LogP contribution in [-0.2, 0) is 23.8 Å². The third-order valence-electron chi connectivity index (χ3n) is 6.87. The Bertz CT molecular complexity index is 616. The number of methoxy groups -OCH3 is 1. The number of allylic oxidation sites excluding steroid dienone is 1. The first-order chi connectivity index (χ1) is 15.9. The molecule has 0 aromatic rings. The average molecular weight is 473 g/mol. The molecule has 2 rings (SSSR count). The summed E-state index contributed by atoms with van der Waals surface area (Å²) in [6.07, 6.45) is 12.9. The third-order valence-corrected chi connectivity index (χ3v) is 6.87. The maximum Gasteiger partial charge on any atom is 0.309 e. The molecule has 4 atom stereocenters. The molecule has 0 bridgehead atoms. The van der Waals surface area contributed by atoms with E-state index in [0.29, 0.717) is 31.8 Å². The first kappa shape index (κ1) is 27.9. The summed E-state index contributed by atoms with van der Waals surface area (Å²) < 4.78 is 45.0.